The first-order valence-electron chi connectivity index (χ1n) is 5.62. The second kappa shape index (κ2) is 5.57. The molecule has 1 aromatic rings. The zero-order chi connectivity index (χ0) is 13.3. The molecule has 5 nitrogen and oxygen atoms in total. The fourth-order valence-electron chi connectivity index (χ4n) is 1.96. The summed E-state index contributed by atoms with van der Waals surface area (Å²) in [6.07, 6.45) is 2.95. The minimum absolute atomic E-state index is 0.00714. The topological polar surface area (TPSA) is 54.3 Å². The summed E-state index contributed by atoms with van der Waals surface area (Å²) in [5.41, 5.74) is 0.636. The predicted octanol–water partition coefficient (Wildman–Crippen LogP) is 1.06. The summed E-state index contributed by atoms with van der Waals surface area (Å²) < 4.78 is 2.92. The Labute approximate surface area is 122 Å². The molecule has 7 heteroatoms. The third-order valence-electron chi connectivity index (χ3n) is 3.05. The monoisotopic (exact) mass is 379 g/mol. The van der Waals surface area contributed by atoms with Crippen molar-refractivity contribution < 1.29 is 9.59 Å². The Balaban J connectivity index is 2.19. The molecule has 2 heterocycles. The van der Waals surface area contributed by atoms with Gasteiger partial charge in [-0.2, -0.15) is 0 Å². The van der Waals surface area contributed by atoms with Gasteiger partial charge in [-0.1, -0.05) is 0 Å². The lowest BCUT2D eigenvalue weighted by molar-refractivity contribution is -0.129. The SMILES string of the molecule is CN(CP)C(=O)CC1CNC(=O)c2cc(I)cn21. The van der Waals surface area contributed by atoms with E-state index in [1.807, 2.05) is 16.8 Å². The molecular formula is C11H15IN3O2P. The van der Waals surface area contributed by atoms with Gasteiger partial charge in [-0.15, -0.1) is 9.24 Å². The number of carbonyl (C=O) groups excluding carboxylic acids is 2. The molecule has 2 unspecified atom stereocenters. The van der Waals surface area contributed by atoms with Gasteiger partial charge < -0.3 is 14.8 Å². The molecule has 1 aliphatic rings. The maximum atomic E-state index is 11.9. The van der Waals surface area contributed by atoms with Gasteiger partial charge in [0.25, 0.3) is 5.91 Å². The van der Waals surface area contributed by atoms with Crippen molar-refractivity contribution in [1.82, 2.24) is 14.8 Å². The van der Waals surface area contributed by atoms with Gasteiger partial charge in [0.15, 0.2) is 0 Å². The maximum absolute atomic E-state index is 11.9. The molecule has 98 valence electrons. The van der Waals surface area contributed by atoms with E-state index in [1.54, 1.807) is 11.9 Å². The first kappa shape index (κ1) is 13.8. The van der Waals surface area contributed by atoms with E-state index in [4.69, 9.17) is 0 Å². The fraction of sp³-hybridized carbons (Fsp3) is 0.455. The van der Waals surface area contributed by atoms with Crippen LogP contribution in [0.15, 0.2) is 12.3 Å². The van der Waals surface area contributed by atoms with Crippen LogP contribution in [-0.2, 0) is 4.79 Å². The number of amides is 2. The average molecular weight is 379 g/mol. The molecule has 2 atom stereocenters. The van der Waals surface area contributed by atoms with E-state index >= 15 is 0 Å². The lowest BCUT2D eigenvalue weighted by Gasteiger charge is -2.27. The summed E-state index contributed by atoms with van der Waals surface area (Å²) in [5.74, 6) is 0.0156. The molecule has 18 heavy (non-hydrogen) atoms. The molecule has 0 aromatic carbocycles. The Morgan fingerprint density at radius 2 is 2.44 bits per heavy atom. The number of rotatable bonds is 3. The molecule has 0 saturated heterocycles. The maximum Gasteiger partial charge on any atom is 0.268 e. The molecule has 0 spiro atoms. The number of carbonyl (C=O) groups is 2. The number of fused-ring (bicyclic) bond motifs is 1. The smallest absolute Gasteiger partial charge is 0.268 e. The van der Waals surface area contributed by atoms with Crippen molar-refractivity contribution in [2.45, 2.75) is 12.5 Å². The highest BCUT2D eigenvalue weighted by Gasteiger charge is 2.27. The molecule has 0 saturated carbocycles. The first-order chi connectivity index (χ1) is 8.52. The normalized spacial score (nSPS) is 18.2. The second-order valence-corrected chi connectivity index (χ2v) is 5.90. The van der Waals surface area contributed by atoms with Crippen LogP contribution in [0.3, 0.4) is 0 Å². The molecule has 0 aliphatic carbocycles. The lowest BCUT2D eigenvalue weighted by Crippen LogP contribution is -2.40. The van der Waals surface area contributed by atoms with Gasteiger partial charge in [-0.25, -0.2) is 0 Å². The van der Waals surface area contributed by atoms with Crippen LogP contribution in [0, 0.1) is 3.57 Å². The predicted molar refractivity (Wildman–Crippen MR) is 80.5 cm³/mol. The lowest BCUT2D eigenvalue weighted by atomic mass is 10.1. The van der Waals surface area contributed by atoms with Crippen LogP contribution in [0.2, 0.25) is 0 Å². The summed E-state index contributed by atoms with van der Waals surface area (Å²) in [7, 11) is 4.30. The van der Waals surface area contributed by atoms with Crippen molar-refractivity contribution in [3.63, 3.8) is 0 Å². The van der Waals surface area contributed by atoms with Gasteiger partial charge >= 0.3 is 0 Å². The number of halogens is 1. The molecule has 1 aliphatic heterocycles. The van der Waals surface area contributed by atoms with E-state index in [1.165, 1.54) is 0 Å². The zero-order valence-electron chi connectivity index (χ0n) is 10.0. The van der Waals surface area contributed by atoms with Crippen LogP contribution in [0.4, 0.5) is 0 Å². The van der Waals surface area contributed by atoms with E-state index in [9.17, 15) is 9.59 Å². The van der Waals surface area contributed by atoms with Crippen LogP contribution in [0.5, 0.6) is 0 Å². The van der Waals surface area contributed by atoms with Gasteiger partial charge in [-0.3, -0.25) is 9.59 Å². The highest BCUT2D eigenvalue weighted by molar-refractivity contribution is 14.1. The van der Waals surface area contributed by atoms with E-state index in [0.29, 0.717) is 24.9 Å². The van der Waals surface area contributed by atoms with E-state index in [0.717, 1.165) is 3.57 Å². The van der Waals surface area contributed by atoms with Gasteiger partial charge in [0.05, 0.1) is 6.04 Å². The van der Waals surface area contributed by atoms with Crippen LogP contribution in [0.1, 0.15) is 23.0 Å². The third-order valence-corrected chi connectivity index (χ3v) is 4.19. The van der Waals surface area contributed by atoms with Crippen molar-refractivity contribution in [3.05, 3.63) is 21.5 Å². The zero-order valence-corrected chi connectivity index (χ0v) is 13.3. The summed E-state index contributed by atoms with van der Waals surface area (Å²) in [6, 6.07) is 1.85. The van der Waals surface area contributed by atoms with Gasteiger partial charge in [0, 0.05) is 36.1 Å². The Bertz CT molecular complexity index is 489. The van der Waals surface area contributed by atoms with E-state index < -0.39 is 0 Å². The summed E-state index contributed by atoms with van der Waals surface area (Å²) in [6.45, 7) is 0.507. The third kappa shape index (κ3) is 2.69. The molecule has 1 N–H and O–H groups in total. The van der Waals surface area contributed by atoms with Crippen molar-refractivity contribution in [3.8, 4) is 0 Å². The van der Waals surface area contributed by atoms with Crippen molar-refractivity contribution in [2.75, 3.05) is 19.9 Å². The van der Waals surface area contributed by atoms with Crippen LogP contribution in [-0.4, -0.2) is 41.2 Å². The molecule has 0 fully saturated rings. The molecule has 0 bridgehead atoms. The summed E-state index contributed by atoms with van der Waals surface area (Å²) >= 11 is 2.18. The quantitative estimate of drug-likeness (QED) is 0.631. The van der Waals surface area contributed by atoms with Crippen LogP contribution >= 0.6 is 31.8 Å². The number of hydrogen-bond acceptors (Lipinski definition) is 2. The van der Waals surface area contributed by atoms with Crippen molar-refractivity contribution >= 4 is 43.6 Å². The Morgan fingerprint density at radius 3 is 3.11 bits per heavy atom. The molecule has 0 radical (unpaired) electrons. The standard InChI is InChI=1S/C11H15IN3O2P/c1-14(6-18)10(16)3-8-4-13-11(17)9-2-7(12)5-15(8)9/h2,5,8H,3-4,6,18H2,1H3,(H,13,17). The first-order valence-corrected chi connectivity index (χ1v) is 7.52. The van der Waals surface area contributed by atoms with Gasteiger partial charge in [0.2, 0.25) is 5.91 Å². The Kier molecular flexibility index (Phi) is 4.27. The van der Waals surface area contributed by atoms with Crippen molar-refractivity contribution in [1.29, 1.82) is 0 Å². The van der Waals surface area contributed by atoms with Gasteiger partial charge in [0.1, 0.15) is 5.69 Å². The van der Waals surface area contributed by atoms with E-state index in [-0.39, 0.29) is 17.9 Å². The van der Waals surface area contributed by atoms with Gasteiger partial charge in [-0.05, 0) is 28.7 Å². The summed E-state index contributed by atoms with van der Waals surface area (Å²) in [4.78, 5) is 25.3. The molecule has 2 amide bonds. The largest absolute Gasteiger partial charge is 0.349 e. The number of nitrogens with one attached hydrogen (secondary N) is 1. The Morgan fingerprint density at radius 1 is 1.72 bits per heavy atom. The molecule has 1 aromatic heterocycles. The summed E-state index contributed by atoms with van der Waals surface area (Å²) in [5, 5.41) is 2.82. The highest BCUT2D eigenvalue weighted by Crippen LogP contribution is 2.23. The second-order valence-electron chi connectivity index (χ2n) is 4.29. The fourth-order valence-corrected chi connectivity index (χ4v) is 2.76. The van der Waals surface area contributed by atoms with E-state index in [2.05, 4.69) is 37.1 Å². The number of aromatic nitrogens is 1. The number of nitrogens with zero attached hydrogens (tertiary/aromatic N) is 2. The number of hydrogen-bond donors (Lipinski definition) is 1. The minimum Gasteiger partial charge on any atom is -0.349 e. The molecule has 2 rings (SSSR count). The minimum atomic E-state index is -0.0685. The highest BCUT2D eigenvalue weighted by atomic mass is 127. The molecular weight excluding hydrogens is 364 g/mol. The Hall–Kier alpha value is -0.620. The average Bonchev–Trinajstić information content (AvgIpc) is 2.74. The van der Waals surface area contributed by atoms with Crippen LogP contribution < -0.4 is 5.32 Å². The van der Waals surface area contributed by atoms with Crippen molar-refractivity contribution in [2.24, 2.45) is 0 Å². The van der Waals surface area contributed by atoms with Crippen LogP contribution in [0.25, 0.3) is 0 Å².